The van der Waals surface area contributed by atoms with Crippen LogP contribution in [-0.4, -0.2) is 31.5 Å². The van der Waals surface area contributed by atoms with Crippen molar-refractivity contribution in [2.45, 2.75) is 33.5 Å². The summed E-state index contributed by atoms with van der Waals surface area (Å²) in [6.45, 7) is 0. The van der Waals surface area contributed by atoms with Crippen molar-refractivity contribution < 1.29 is 14.9 Å². The van der Waals surface area contributed by atoms with Gasteiger partial charge in [-0.3, -0.25) is 4.98 Å². The van der Waals surface area contributed by atoms with Gasteiger partial charge in [0.25, 0.3) is 0 Å². The van der Waals surface area contributed by atoms with Gasteiger partial charge < -0.3 is 14.9 Å². The van der Waals surface area contributed by atoms with Crippen molar-refractivity contribution in [3.05, 3.63) is 119 Å². The van der Waals surface area contributed by atoms with E-state index in [9.17, 15) is 15.5 Å². The molecule has 36 heavy (non-hydrogen) atoms. The number of nitrogens with zero attached hydrogens (tertiary/aromatic N) is 3. The van der Waals surface area contributed by atoms with Gasteiger partial charge in [-0.05, 0) is 35.4 Å². The number of nitriles is 1. The zero-order chi connectivity index (χ0) is 24.9. The first-order chi connectivity index (χ1) is 17.5. The van der Waals surface area contributed by atoms with Crippen molar-refractivity contribution in [3.8, 4) is 11.8 Å². The van der Waals surface area contributed by atoms with Gasteiger partial charge in [0.2, 0.25) is 0 Å². The molecule has 0 bridgehead atoms. The number of halogens is 1. The predicted molar refractivity (Wildman–Crippen MR) is 136 cm³/mol. The van der Waals surface area contributed by atoms with Gasteiger partial charge in [0, 0.05) is 24.4 Å². The molecule has 1 fully saturated rings. The summed E-state index contributed by atoms with van der Waals surface area (Å²) in [5.41, 5.74) is -1.15. The van der Waals surface area contributed by atoms with Gasteiger partial charge in [0.05, 0.1) is 26.9 Å². The quantitative estimate of drug-likeness (QED) is 0.404. The first kappa shape index (κ1) is 23.0. The molecule has 1 aliphatic carbocycles. The lowest BCUT2D eigenvalue weighted by Crippen LogP contribution is -2.52. The lowest BCUT2D eigenvalue weighted by molar-refractivity contribution is -0.150. The van der Waals surface area contributed by atoms with Crippen LogP contribution in [0.3, 0.4) is 0 Å². The van der Waals surface area contributed by atoms with Crippen LogP contribution in [0.5, 0.6) is 5.75 Å². The molecule has 3 heterocycles. The summed E-state index contributed by atoms with van der Waals surface area (Å²) in [4.78, 5) is 8.91. The first-order valence-corrected chi connectivity index (χ1v) is 12.6. The van der Waals surface area contributed by atoms with Crippen molar-refractivity contribution in [1.29, 1.82) is 5.26 Å². The zero-order valence-corrected chi connectivity index (χ0v) is 20.4. The molecule has 0 amide bonds. The van der Waals surface area contributed by atoms with Gasteiger partial charge in [-0.2, -0.15) is 5.26 Å². The molecule has 8 heteroatoms. The summed E-state index contributed by atoms with van der Waals surface area (Å²) in [6, 6.07) is 25.9. The minimum Gasteiger partial charge on any atom is -0.476 e. The number of hydrogen-bond donors (Lipinski definition) is 2. The molecule has 6 rings (SSSR count). The van der Waals surface area contributed by atoms with E-state index >= 15 is 0 Å². The fourth-order valence-corrected chi connectivity index (χ4v) is 7.06. The fraction of sp³-hybridized carbons (Fsp3) is 0.179. The molecule has 1 aliphatic heterocycles. The first-order valence-electron chi connectivity index (χ1n) is 11.4. The number of benzene rings is 2. The average Bonchev–Trinajstić information content (AvgIpc) is 3.27. The number of ether oxygens (including phenoxy) is 1. The summed E-state index contributed by atoms with van der Waals surface area (Å²) in [7, 11) is 0. The summed E-state index contributed by atoms with van der Waals surface area (Å²) >= 11 is 7.64. The molecular formula is C28H20ClN3O3S. The van der Waals surface area contributed by atoms with Crippen molar-refractivity contribution in [2.24, 2.45) is 0 Å². The third-order valence-electron chi connectivity index (χ3n) is 7.02. The largest absolute Gasteiger partial charge is 0.476 e. The van der Waals surface area contributed by atoms with Crippen LogP contribution < -0.4 is 4.74 Å². The summed E-state index contributed by atoms with van der Waals surface area (Å²) < 4.78 is 6.69. The lowest BCUT2D eigenvalue weighted by atomic mass is 9.72. The highest BCUT2D eigenvalue weighted by Crippen LogP contribution is 2.68. The second-order valence-electron chi connectivity index (χ2n) is 8.88. The molecule has 2 aromatic carbocycles. The highest BCUT2D eigenvalue weighted by Gasteiger charge is 2.77. The van der Waals surface area contributed by atoms with Crippen LogP contribution in [0.2, 0.25) is 5.02 Å². The SMILES string of the molecule is N#Cc1ccc([C@@]23Oc4cc(Cl)cnc4[C@]2(O)[C@H](O)[C@H](Sc2ccccn2)[C@H]3c2ccccc2)cc1. The number of aliphatic hydroxyl groups is 2. The van der Waals surface area contributed by atoms with E-state index in [-0.39, 0.29) is 5.69 Å². The highest BCUT2D eigenvalue weighted by molar-refractivity contribution is 8.00. The van der Waals surface area contributed by atoms with Crippen LogP contribution in [0.4, 0.5) is 0 Å². The number of fused-ring (bicyclic) bond motifs is 3. The molecule has 0 unspecified atom stereocenters. The molecule has 2 aromatic heterocycles. The molecule has 0 radical (unpaired) electrons. The molecular weight excluding hydrogens is 494 g/mol. The molecule has 2 N–H and O–H groups in total. The Morgan fingerprint density at radius 1 is 1.00 bits per heavy atom. The Balaban J connectivity index is 1.64. The number of hydrogen-bond acceptors (Lipinski definition) is 7. The van der Waals surface area contributed by atoms with E-state index < -0.39 is 28.5 Å². The van der Waals surface area contributed by atoms with Gasteiger partial charge >= 0.3 is 0 Å². The summed E-state index contributed by atoms with van der Waals surface area (Å²) in [5, 5.41) is 34.4. The second-order valence-corrected chi connectivity index (χ2v) is 10.5. The topological polar surface area (TPSA) is 99.3 Å². The monoisotopic (exact) mass is 513 g/mol. The Bertz CT molecular complexity index is 1470. The molecule has 178 valence electrons. The maximum Gasteiger partial charge on any atom is 0.182 e. The summed E-state index contributed by atoms with van der Waals surface area (Å²) in [5.74, 6) is -0.206. The molecule has 0 saturated heterocycles. The Morgan fingerprint density at radius 3 is 2.44 bits per heavy atom. The van der Waals surface area contributed by atoms with Crippen LogP contribution >= 0.6 is 23.4 Å². The van der Waals surface area contributed by atoms with Gasteiger partial charge in [0.1, 0.15) is 17.5 Å². The smallest absolute Gasteiger partial charge is 0.182 e. The van der Waals surface area contributed by atoms with Crippen molar-refractivity contribution in [3.63, 3.8) is 0 Å². The Labute approximate surface area is 217 Å². The van der Waals surface area contributed by atoms with Crippen molar-refractivity contribution in [2.75, 3.05) is 0 Å². The van der Waals surface area contributed by atoms with Crippen molar-refractivity contribution in [1.82, 2.24) is 9.97 Å². The van der Waals surface area contributed by atoms with Crippen LogP contribution in [0.1, 0.15) is 28.3 Å². The van der Waals surface area contributed by atoms with Crippen LogP contribution in [0.25, 0.3) is 0 Å². The predicted octanol–water partition coefficient (Wildman–Crippen LogP) is 4.80. The summed E-state index contributed by atoms with van der Waals surface area (Å²) in [6.07, 6.45) is 1.86. The fourth-order valence-electron chi connectivity index (χ4n) is 5.55. The van der Waals surface area contributed by atoms with Gasteiger partial charge in [0.15, 0.2) is 11.2 Å². The van der Waals surface area contributed by atoms with E-state index in [1.165, 1.54) is 18.0 Å². The number of aliphatic hydroxyl groups excluding tert-OH is 1. The Morgan fingerprint density at radius 2 is 1.75 bits per heavy atom. The number of thioether (sulfide) groups is 1. The number of pyridine rings is 2. The maximum absolute atomic E-state index is 12.6. The van der Waals surface area contributed by atoms with Crippen LogP contribution in [-0.2, 0) is 11.2 Å². The number of aromatic nitrogens is 2. The highest BCUT2D eigenvalue weighted by atomic mass is 35.5. The normalized spacial score (nSPS) is 28.1. The molecule has 4 aromatic rings. The minimum absolute atomic E-state index is 0.230. The Hall–Kier alpha value is -3.41. The van der Waals surface area contributed by atoms with Crippen LogP contribution in [0.15, 0.2) is 96.3 Å². The molecule has 2 aliphatic rings. The van der Waals surface area contributed by atoms with Gasteiger partial charge in [-0.25, -0.2) is 4.98 Å². The molecule has 0 spiro atoms. The van der Waals surface area contributed by atoms with Gasteiger partial charge in [-0.1, -0.05) is 71.9 Å². The van der Waals surface area contributed by atoms with E-state index in [0.29, 0.717) is 26.9 Å². The molecule has 5 atom stereocenters. The van der Waals surface area contributed by atoms with Gasteiger partial charge in [-0.15, -0.1) is 0 Å². The molecule has 6 nitrogen and oxygen atoms in total. The average molecular weight is 514 g/mol. The lowest BCUT2D eigenvalue weighted by Gasteiger charge is -2.40. The number of rotatable bonds is 4. The van der Waals surface area contributed by atoms with E-state index in [4.69, 9.17) is 16.3 Å². The third kappa shape index (κ3) is 3.19. The van der Waals surface area contributed by atoms with E-state index in [2.05, 4.69) is 16.0 Å². The van der Waals surface area contributed by atoms with E-state index in [1.54, 1.807) is 36.5 Å². The second kappa shape index (κ2) is 8.61. The minimum atomic E-state index is -1.91. The Kier molecular flexibility index (Phi) is 5.51. The van der Waals surface area contributed by atoms with Crippen molar-refractivity contribution >= 4 is 23.4 Å². The standard InChI is InChI=1S/C28H20ClN3O3S/c29-20-14-21-25(32-16-20)27(34)26(33)24(36-22-8-4-5-13-31-22)23(18-6-2-1-3-7-18)28(27,35-21)19-11-9-17(15-30)10-12-19/h1-14,16,23-24,26,33-34H/t23-,24-,26-,27+,28+/m1/s1. The zero-order valence-electron chi connectivity index (χ0n) is 18.8. The van der Waals surface area contributed by atoms with E-state index in [1.807, 2.05) is 48.5 Å². The van der Waals surface area contributed by atoms with Crippen LogP contribution in [0, 0.1) is 11.3 Å². The van der Waals surface area contributed by atoms with E-state index in [0.717, 1.165) is 5.56 Å². The maximum atomic E-state index is 12.6. The third-order valence-corrected chi connectivity index (χ3v) is 8.51. The molecule has 1 saturated carbocycles.